The third-order valence-electron chi connectivity index (χ3n) is 3.16. The second-order valence-corrected chi connectivity index (χ2v) is 4.84. The molecule has 2 unspecified atom stereocenters. The number of halogens is 1. The highest BCUT2D eigenvalue weighted by Gasteiger charge is 2.32. The Morgan fingerprint density at radius 2 is 2.43 bits per heavy atom. The van der Waals surface area contributed by atoms with E-state index in [1.165, 1.54) is 6.42 Å². The Bertz CT molecular complexity index is 349. The van der Waals surface area contributed by atoms with E-state index in [4.69, 9.17) is 0 Å². The molecular formula is C9H13BrN4. The third kappa shape index (κ3) is 1.19. The summed E-state index contributed by atoms with van der Waals surface area (Å²) < 4.78 is 3.22. The normalized spacial score (nSPS) is 30.4. The van der Waals surface area contributed by atoms with Crippen LogP contribution in [0.15, 0.2) is 10.7 Å². The Labute approximate surface area is 91.2 Å². The molecule has 2 atom stereocenters. The fourth-order valence-corrected chi connectivity index (χ4v) is 2.84. The van der Waals surface area contributed by atoms with Crippen molar-refractivity contribution in [2.45, 2.75) is 12.5 Å². The fraction of sp³-hybridized carbons (Fsp3) is 0.667. The van der Waals surface area contributed by atoms with Gasteiger partial charge >= 0.3 is 0 Å². The second kappa shape index (κ2) is 3.24. The number of piperidine rings is 1. The standard InChI is InChI=1S/C9H13BrN4/c10-7-5-13-14-8-1-2-11-3-6(8)4-12-9(7)14/h5-6,8,11-12H,1-4H2. The monoisotopic (exact) mass is 256 g/mol. The van der Waals surface area contributed by atoms with Crippen molar-refractivity contribution in [2.75, 3.05) is 25.0 Å². The van der Waals surface area contributed by atoms with Crippen molar-refractivity contribution in [1.82, 2.24) is 15.1 Å². The van der Waals surface area contributed by atoms with Gasteiger partial charge in [0.05, 0.1) is 16.7 Å². The van der Waals surface area contributed by atoms with Crippen LogP contribution in [0, 0.1) is 5.92 Å². The summed E-state index contributed by atoms with van der Waals surface area (Å²) in [7, 11) is 0. The van der Waals surface area contributed by atoms with Crippen LogP contribution in [0.2, 0.25) is 0 Å². The highest BCUT2D eigenvalue weighted by Crippen LogP contribution is 2.35. The van der Waals surface area contributed by atoms with Crippen LogP contribution >= 0.6 is 15.9 Å². The van der Waals surface area contributed by atoms with Gasteiger partial charge in [0.1, 0.15) is 5.82 Å². The van der Waals surface area contributed by atoms with Gasteiger partial charge in [-0.25, -0.2) is 4.68 Å². The molecule has 2 aliphatic rings. The van der Waals surface area contributed by atoms with Crippen LogP contribution in [-0.2, 0) is 0 Å². The Morgan fingerprint density at radius 1 is 1.50 bits per heavy atom. The van der Waals surface area contributed by atoms with E-state index in [9.17, 15) is 0 Å². The minimum atomic E-state index is 0.582. The van der Waals surface area contributed by atoms with Gasteiger partial charge in [-0.05, 0) is 28.9 Å². The molecule has 1 saturated heterocycles. The number of nitrogens with zero attached hydrogens (tertiary/aromatic N) is 2. The molecule has 0 spiro atoms. The van der Waals surface area contributed by atoms with Crippen molar-refractivity contribution in [3.63, 3.8) is 0 Å². The molecule has 0 saturated carbocycles. The lowest BCUT2D eigenvalue weighted by Gasteiger charge is -2.37. The summed E-state index contributed by atoms with van der Waals surface area (Å²) in [5.74, 6) is 1.83. The van der Waals surface area contributed by atoms with E-state index < -0.39 is 0 Å². The zero-order valence-electron chi connectivity index (χ0n) is 7.83. The van der Waals surface area contributed by atoms with Gasteiger partial charge < -0.3 is 10.6 Å². The average molecular weight is 257 g/mol. The maximum Gasteiger partial charge on any atom is 0.139 e. The molecule has 0 amide bonds. The van der Waals surface area contributed by atoms with Gasteiger partial charge in [-0.1, -0.05) is 0 Å². The molecule has 5 heteroatoms. The van der Waals surface area contributed by atoms with Gasteiger partial charge in [-0.15, -0.1) is 0 Å². The molecule has 14 heavy (non-hydrogen) atoms. The van der Waals surface area contributed by atoms with Crippen LogP contribution in [0.25, 0.3) is 0 Å². The summed E-state index contributed by atoms with van der Waals surface area (Å²) in [6, 6.07) is 0.582. The maximum absolute atomic E-state index is 4.42. The van der Waals surface area contributed by atoms with Gasteiger partial charge in [0.2, 0.25) is 0 Å². The van der Waals surface area contributed by atoms with Crippen LogP contribution < -0.4 is 10.6 Å². The molecule has 0 aliphatic carbocycles. The molecule has 1 aromatic rings. The van der Waals surface area contributed by atoms with Crippen molar-refractivity contribution >= 4 is 21.7 Å². The summed E-state index contributed by atoms with van der Waals surface area (Å²) in [5, 5.41) is 11.3. The van der Waals surface area contributed by atoms with Gasteiger partial charge in [0.15, 0.2) is 0 Å². The predicted molar refractivity (Wildman–Crippen MR) is 58.4 cm³/mol. The lowest BCUT2D eigenvalue weighted by Crippen LogP contribution is -2.44. The van der Waals surface area contributed by atoms with Crippen molar-refractivity contribution in [2.24, 2.45) is 5.92 Å². The molecule has 1 fully saturated rings. The smallest absolute Gasteiger partial charge is 0.139 e. The van der Waals surface area contributed by atoms with E-state index in [1.54, 1.807) is 0 Å². The second-order valence-electron chi connectivity index (χ2n) is 3.99. The summed E-state index contributed by atoms with van der Waals surface area (Å²) in [6.45, 7) is 3.27. The number of anilines is 1. The van der Waals surface area contributed by atoms with Crippen molar-refractivity contribution in [3.8, 4) is 0 Å². The van der Waals surface area contributed by atoms with E-state index in [0.717, 1.165) is 29.9 Å². The lowest BCUT2D eigenvalue weighted by molar-refractivity contribution is 0.237. The summed E-state index contributed by atoms with van der Waals surface area (Å²) >= 11 is 3.51. The van der Waals surface area contributed by atoms with E-state index in [1.807, 2.05) is 6.20 Å². The molecule has 3 rings (SSSR count). The number of aromatic nitrogens is 2. The van der Waals surface area contributed by atoms with E-state index in [0.29, 0.717) is 12.0 Å². The van der Waals surface area contributed by atoms with E-state index in [2.05, 4.69) is 36.3 Å². The zero-order valence-corrected chi connectivity index (χ0v) is 9.42. The van der Waals surface area contributed by atoms with Crippen LogP contribution in [0.5, 0.6) is 0 Å². The van der Waals surface area contributed by atoms with Crippen LogP contribution in [0.1, 0.15) is 12.5 Å². The minimum absolute atomic E-state index is 0.582. The molecule has 4 nitrogen and oxygen atoms in total. The molecule has 2 N–H and O–H groups in total. The fourth-order valence-electron chi connectivity index (χ4n) is 2.43. The van der Waals surface area contributed by atoms with Gasteiger partial charge in [0, 0.05) is 19.0 Å². The largest absolute Gasteiger partial charge is 0.369 e. The first-order valence-corrected chi connectivity index (χ1v) is 5.83. The zero-order chi connectivity index (χ0) is 9.54. The number of hydrogen-bond acceptors (Lipinski definition) is 3. The minimum Gasteiger partial charge on any atom is -0.369 e. The Balaban J connectivity index is 1.99. The summed E-state index contributed by atoms with van der Waals surface area (Å²) in [5.41, 5.74) is 0. The number of nitrogens with one attached hydrogen (secondary N) is 2. The topological polar surface area (TPSA) is 41.9 Å². The molecule has 1 aromatic heterocycles. The lowest BCUT2D eigenvalue weighted by atomic mass is 9.92. The van der Waals surface area contributed by atoms with Gasteiger partial charge in [0.25, 0.3) is 0 Å². The molecule has 2 aliphatic heterocycles. The maximum atomic E-state index is 4.42. The first kappa shape index (κ1) is 8.73. The number of hydrogen-bond donors (Lipinski definition) is 2. The van der Waals surface area contributed by atoms with Crippen LogP contribution in [0.4, 0.5) is 5.82 Å². The molecule has 3 heterocycles. The average Bonchev–Trinajstić information content (AvgIpc) is 2.61. The Kier molecular flexibility index (Phi) is 2.02. The highest BCUT2D eigenvalue weighted by molar-refractivity contribution is 9.10. The van der Waals surface area contributed by atoms with Crippen molar-refractivity contribution in [3.05, 3.63) is 10.7 Å². The molecular weight excluding hydrogens is 244 g/mol. The highest BCUT2D eigenvalue weighted by atomic mass is 79.9. The number of fused-ring (bicyclic) bond motifs is 3. The van der Waals surface area contributed by atoms with E-state index >= 15 is 0 Å². The van der Waals surface area contributed by atoms with Crippen LogP contribution in [-0.4, -0.2) is 29.4 Å². The summed E-state index contributed by atoms with van der Waals surface area (Å²) in [4.78, 5) is 0. The third-order valence-corrected chi connectivity index (χ3v) is 3.74. The van der Waals surface area contributed by atoms with E-state index in [-0.39, 0.29) is 0 Å². The quantitative estimate of drug-likeness (QED) is 0.734. The Hall–Kier alpha value is -0.550. The SMILES string of the molecule is Brc1cnn2c1NCC1CNCCC12. The molecule has 0 radical (unpaired) electrons. The Morgan fingerprint density at radius 3 is 3.36 bits per heavy atom. The molecule has 0 aromatic carbocycles. The first-order chi connectivity index (χ1) is 6.86. The first-order valence-electron chi connectivity index (χ1n) is 5.04. The van der Waals surface area contributed by atoms with Gasteiger partial charge in [-0.2, -0.15) is 5.10 Å². The molecule has 76 valence electrons. The number of rotatable bonds is 0. The van der Waals surface area contributed by atoms with Crippen LogP contribution in [0.3, 0.4) is 0 Å². The van der Waals surface area contributed by atoms with Crippen molar-refractivity contribution in [1.29, 1.82) is 0 Å². The molecule has 0 bridgehead atoms. The summed E-state index contributed by atoms with van der Waals surface area (Å²) in [6.07, 6.45) is 3.07. The van der Waals surface area contributed by atoms with Crippen molar-refractivity contribution < 1.29 is 0 Å². The predicted octanol–water partition coefficient (Wildman–Crippen LogP) is 1.22. The van der Waals surface area contributed by atoms with Gasteiger partial charge in [-0.3, -0.25) is 0 Å².